The van der Waals surface area contributed by atoms with Crippen molar-refractivity contribution in [1.29, 1.82) is 0 Å². The molecule has 106 valence electrons. The zero-order valence-corrected chi connectivity index (χ0v) is 15.9. The van der Waals surface area contributed by atoms with E-state index in [1.165, 1.54) is 0 Å². The van der Waals surface area contributed by atoms with Gasteiger partial charge in [0.2, 0.25) is 11.3 Å². The van der Waals surface area contributed by atoms with Gasteiger partial charge in [0, 0.05) is 5.69 Å². The molecule has 0 fully saturated rings. The van der Waals surface area contributed by atoms with E-state index in [2.05, 4.69) is 52.8 Å². The lowest BCUT2D eigenvalue weighted by atomic mass is 10.1. The molecular weight excluding hydrogens is 474 g/mol. The highest BCUT2D eigenvalue weighted by Crippen LogP contribution is 2.43. The number of nitrogens with zero attached hydrogens (tertiary/aromatic N) is 1. The minimum atomic E-state index is -3.69. The number of aryl methyl sites for hydroxylation is 1. The van der Waals surface area contributed by atoms with Crippen LogP contribution in [0.25, 0.3) is 11.1 Å². The fourth-order valence-electron chi connectivity index (χ4n) is 1.69. The topological polar surface area (TPSA) is 47.0 Å². The van der Waals surface area contributed by atoms with Gasteiger partial charge in [0.25, 0.3) is 0 Å². The van der Waals surface area contributed by atoms with Crippen LogP contribution < -0.4 is 0 Å². The van der Waals surface area contributed by atoms with Crippen molar-refractivity contribution in [3.63, 3.8) is 0 Å². The molecule has 20 heavy (non-hydrogen) atoms. The third-order valence-electron chi connectivity index (χ3n) is 2.62. The molecule has 0 saturated carbocycles. The Hall–Kier alpha value is -0.240. The van der Waals surface area contributed by atoms with E-state index in [0.717, 1.165) is 11.1 Å². The van der Waals surface area contributed by atoms with Crippen molar-refractivity contribution in [2.45, 2.75) is 13.4 Å². The van der Waals surface area contributed by atoms with Crippen molar-refractivity contribution in [3.8, 4) is 11.1 Å². The summed E-state index contributed by atoms with van der Waals surface area (Å²) in [5.74, 6) is 0. The maximum atomic E-state index is 12.4. The Kier molecular flexibility index (Phi) is 4.73. The summed E-state index contributed by atoms with van der Waals surface area (Å²) in [4.78, 5) is 4.12. The molecule has 0 amide bonds. The molecule has 3 nitrogen and oxygen atoms in total. The summed E-state index contributed by atoms with van der Waals surface area (Å²) in [5.41, 5.74) is 2.40. The molecule has 7 heteroatoms. The predicted molar refractivity (Wildman–Crippen MR) is 91.1 cm³/mol. The lowest BCUT2D eigenvalue weighted by Gasteiger charge is -2.14. The van der Waals surface area contributed by atoms with Crippen LogP contribution in [0.3, 0.4) is 0 Å². The smallest absolute Gasteiger partial charge is 0.240 e. The highest BCUT2D eigenvalue weighted by molar-refractivity contribution is 9.42. The van der Waals surface area contributed by atoms with E-state index in [-0.39, 0.29) is 5.03 Å². The summed E-state index contributed by atoms with van der Waals surface area (Å²) in [6.45, 7) is 1.77. The van der Waals surface area contributed by atoms with Crippen LogP contribution >= 0.6 is 47.8 Å². The van der Waals surface area contributed by atoms with Crippen LogP contribution in [0.1, 0.15) is 5.69 Å². The van der Waals surface area contributed by atoms with E-state index < -0.39 is 11.3 Å². The Balaban J connectivity index is 2.62. The van der Waals surface area contributed by atoms with E-state index in [1.54, 1.807) is 13.0 Å². The molecule has 1 aromatic carbocycles. The van der Waals surface area contributed by atoms with Crippen LogP contribution in [0.5, 0.6) is 0 Å². The number of pyridine rings is 1. The number of hydrogen-bond donors (Lipinski definition) is 0. The van der Waals surface area contributed by atoms with Gasteiger partial charge in [-0.25, -0.2) is 13.4 Å². The molecule has 0 radical (unpaired) electrons. The van der Waals surface area contributed by atoms with Crippen LogP contribution in [0.2, 0.25) is 0 Å². The quantitative estimate of drug-likeness (QED) is 0.585. The second-order valence-corrected chi connectivity index (χ2v) is 14.5. The number of hydrogen-bond acceptors (Lipinski definition) is 3. The van der Waals surface area contributed by atoms with Crippen LogP contribution in [0, 0.1) is 6.92 Å². The van der Waals surface area contributed by atoms with Gasteiger partial charge in [0.1, 0.15) is 0 Å². The summed E-state index contributed by atoms with van der Waals surface area (Å²) in [7, 11) is -3.69. The SMILES string of the molecule is Cc1cc(-c2ccccc2)cc(S(=O)(=O)C(Br)(Br)Br)n1. The van der Waals surface area contributed by atoms with Gasteiger partial charge in [-0.15, -0.1) is 0 Å². The van der Waals surface area contributed by atoms with Gasteiger partial charge in [0.05, 0.1) is 0 Å². The van der Waals surface area contributed by atoms with Crippen LogP contribution in [0.4, 0.5) is 0 Å². The molecule has 0 bridgehead atoms. The largest absolute Gasteiger partial charge is 0.241 e. The standard InChI is InChI=1S/C13H10Br3NO2S/c1-9-7-11(10-5-3-2-4-6-10)8-12(17-9)20(18,19)13(14,15)16/h2-8H,1H3. The monoisotopic (exact) mass is 481 g/mol. The third-order valence-corrected chi connectivity index (χ3v) is 7.82. The molecule has 1 heterocycles. The first-order valence-corrected chi connectivity index (χ1v) is 9.43. The Morgan fingerprint density at radius 2 is 1.60 bits per heavy atom. The van der Waals surface area contributed by atoms with Crippen molar-refractivity contribution in [2.75, 3.05) is 0 Å². The minimum Gasteiger partial charge on any atom is -0.241 e. The van der Waals surface area contributed by atoms with Gasteiger partial charge < -0.3 is 0 Å². The number of halogens is 3. The molecule has 0 unspecified atom stereocenters. The van der Waals surface area contributed by atoms with Crippen LogP contribution in [-0.2, 0) is 9.84 Å². The van der Waals surface area contributed by atoms with E-state index >= 15 is 0 Å². The van der Waals surface area contributed by atoms with E-state index in [9.17, 15) is 8.42 Å². The van der Waals surface area contributed by atoms with Crippen LogP contribution in [-0.4, -0.2) is 14.9 Å². The molecule has 0 spiro atoms. The fourth-order valence-corrected chi connectivity index (χ4v) is 3.97. The Morgan fingerprint density at radius 3 is 2.15 bits per heavy atom. The third kappa shape index (κ3) is 3.32. The van der Waals surface area contributed by atoms with Gasteiger partial charge in [-0.2, -0.15) is 0 Å². The Labute approximate surface area is 143 Å². The number of alkyl halides is 3. The molecule has 2 aromatic rings. The van der Waals surface area contributed by atoms with Crippen molar-refractivity contribution in [3.05, 3.63) is 48.2 Å². The summed E-state index contributed by atoms with van der Waals surface area (Å²) in [6, 6.07) is 13.0. The van der Waals surface area contributed by atoms with E-state index in [0.29, 0.717) is 5.69 Å². The lowest BCUT2D eigenvalue weighted by Crippen LogP contribution is -2.19. The highest BCUT2D eigenvalue weighted by atomic mass is 80.0. The predicted octanol–water partition coefficient (Wildman–Crippen LogP) is 4.63. The molecule has 0 aliphatic rings. The second kappa shape index (κ2) is 5.87. The van der Waals surface area contributed by atoms with Crippen molar-refractivity contribution in [2.24, 2.45) is 0 Å². The average molecular weight is 484 g/mol. The molecule has 0 saturated heterocycles. The van der Waals surface area contributed by atoms with Gasteiger partial charge in [-0.05, 0) is 78.0 Å². The molecule has 0 aliphatic heterocycles. The zero-order chi connectivity index (χ0) is 15.0. The van der Waals surface area contributed by atoms with Gasteiger partial charge in [-0.3, -0.25) is 0 Å². The van der Waals surface area contributed by atoms with E-state index in [4.69, 9.17) is 0 Å². The van der Waals surface area contributed by atoms with Crippen LogP contribution in [0.15, 0.2) is 47.5 Å². The minimum absolute atomic E-state index is 0.00183. The normalized spacial score (nSPS) is 12.4. The molecule has 0 N–H and O–H groups in total. The number of rotatable bonds is 2. The van der Waals surface area contributed by atoms with Crippen molar-refractivity contribution in [1.82, 2.24) is 4.98 Å². The lowest BCUT2D eigenvalue weighted by molar-refractivity contribution is 0.595. The van der Waals surface area contributed by atoms with Gasteiger partial charge in [0.15, 0.2) is 5.03 Å². The number of sulfone groups is 1. The first-order chi connectivity index (χ1) is 9.22. The zero-order valence-electron chi connectivity index (χ0n) is 10.3. The molecule has 1 aromatic heterocycles. The van der Waals surface area contributed by atoms with Crippen molar-refractivity contribution < 1.29 is 8.42 Å². The Bertz CT molecular complexity index is 725. The molecule has 2 rings (SSSR count). The first-order valence-electron chi connectivity index (χ1n) is 5.57. The van der Waals surface area contributed by atoms with Gasteiger partial charge in [-0.1, -0.05) is 30.3 Å². The molecular formula is C13H10Br3NO2S. The fraction of sp³-hybridized carbons (Fsp3) is 0.154. The van der Waals surface area contributed by atoms with Gasteiger partial charge >= 0.3 is 0 Å². The maximum Gasteiger partial charge on any atom is 0.240 e. The summed E-state index contributed by atoms with van der Waals surface area (Å²) >= 11 is 9.14. The molecule has 0 atom stereocenters. The van der Waals surface area contributed by atoms with E-state index in [1.807, 2.05) is 36.4 Å². The second-order valence-electron chi connectivity index (χ2n) is 4.15. The molecule has 0 aliphatic carbocycles. The number of benzene rings is 1. The number of aromatic nitrogens is 1. The summed E-state index contributed by atoms with van der Waals surface area (Å²) < 4.78 is 23.4. The highest BCUT2D eigenvalue weighted by Gasteiger charge is 2.38. The average Bonchev–Trinajstić information content (AvgIpc) is 2.37. The maximum absolute atomic E-state index is 12.4. The summed E-state index contributed by atoms with van der Waals surface area (Å²) in [5, 5.41) is 0.00183. The summed E-state index contributed by atoms with van der Waals surface area (Å²) in [6.07, 6.45) is 0. The van der Waals surface area contributed by atoms with Crippen molar-refractivity contribution >= 4 is 57.6 Å². The first kappa shape index (κ1) is 16.1. The Morgan fingerprint density at radius 1 is 1.00 bits per heavy atom.